The van der Waals surface area contributed by atoms with Crippen molar-refractivity contribution in [3.63, 3.8) is 0 Å². The molecule has 1 heterocycles. The number of likely N-dealkylation sites (tertiary alicyclic amines) is 1. The normalized spacial score (nSPS) is 17.9. The Labute approximate surface area is 122 Å². The molecule has 1 aliphatic rings. The van der Waals surface area contributed by atoms with Crippen LogP contribution in [0.1, 0.15) is 22.3 Å². The lowest BCUT2D eigenvalue weighted by molar-refractivity contribution is -0.128. The average molecular weight is 290 g/mol. The van der Waals surface area contributed by atoms with Gasteiger partial charge in [0, 0.05) is 26.6 Å². The van der Waals surface area contributed by atoms with E-state index < -0.39 is 5.97 Å². The predicted molar refractivity (Wildman–Crippen MR) is 75.9 cm³/mol. The molecule has 2 amide bonds. The molecule has 1 aromatic rings. The Bertz CT molecular complexity index is 571. The number of nitrogens with one attached hydrogen (secondary N) is 1. The van der Waals surface area contributed by atoms with Gasteiger partial charge in [0.25, 0.3) is 0 Å². The van der Waals surface area contributed by atoms with Gasteiger partial charge in [-0.1, -0.05) is 12.1 Å². The molecule has 1 saturated heterocycles. The Kier molecular flexibility index (Phi) is 4.57. The van der Waals surface area contributed by atoms with E-state index in [2.05, 4.69) is 5.32 Å². The van der Waals surface area contributed by atoms with Crippen LogP contribution in [-0.2, 0) is 16.0 Å². The summed E-state index contributed by atoms with van der Waals surface area (Å²) < 4.78 is 0. The average Bonchev–Trinajstić information content (AvgIpc) is 2.79. The van der Waals surface area contributed by atoms with Crippen molar-refractivity contribution in [1.82, 2.24) is 10.2 Å². The smallest absolute Gasteiger partial charge is 0.335 e. The molecule has 1 unspecified atom stereocenters. The van der Waals surface area contributed by atoms with Crippen molar-refractivity contribution in [1.29, 1.82) is 0 Å². The van der Waals surface area contributed by atoms with E-state index in [0.717, 1.165) is 5.56 Å². The molecule has 1 fully saturated rings. The topological polar surface area (TPSA) is 86.7 Å². The van der Waals surface area contributed by atoms with Crippen LogP contribution in [-0.4, -0.2) is 47.9 Å². The number of benzene rings is 1. The number of carbonyl (C=O) groups is 3. The van der Waals surface area contributed by atoms with Crippen LogP contribution in [0.4, 0.5) is 0 Å². The van der Waals surface area contributed by atoms with Crippen molar-refractivity contribution in [2.75, 3.05) is 20.1 Å². The monoisotopic (exact) mass is 290 g/mol. The summed E-state index contributed by atoms with van der Waals surface area (Å²) >= 11 is 0. The summed E-state index contributed by atoms with van der Waals surface area (Å²) in [7, 11) is 1.69. The van der Waals surface area contributed by atoms with E-state index in [4.69, 9.17) is 5.11 Å². The Morgan fingerprint density at radius 3 is 2.81 bits per heavy atom. The fourth-order valence-electron chi connectivity index (χ4n) is 2.37. The van der Waals surface area contributed by atoms with Crippen LogP contribution >= 0.6 is 0 Å². The van der Waals surface area contributed by atoms with Crippen LogP contribution in [0, 0.1) is 5.92 Å². The van der Waals surface area contributed by atoms with Gasteiger partial charge < -0.3 is 15.3 Å². The Morgan fingerprint density at radius 2 is 2.19 bits per heavy atom. The summed E-state index contributed by atoms with van der Waals surface area (Å²) in [4.78, 5) is 35.7. The number of rotatable bonds is 5. The molecule has 1 aliphatic heterocycles. The van der Waals surface area contributed by atoms with E-state index in [-0.39, 0.29) is 29.7 Å². The van der Waals surface area contributed by atoms with E-state index in [1.165, 1.54) is 6.07 Å². The van der Waals surface area contributed by atoms with Gasteiger partial charge in [-0.3, -0.25) is 9.59 Å². The van der Waals surface area contributed by atoms with Crippen LogP contribution in [0.3, 0.4) is 0 Å². The highest BCUT2D eigenvalue weighted by molar-refractivity contribution is 5.89. The number of carboxylic acids is 1. The first-order chi connectivity index (χ1) is 9.97. The number of hydrogen-bond donors (Lipinski definition) is 2. The minimum Gasteiger partial charge on any atom is -0.478 e. The third kappa shape index (κ3) is 3.81. The summed E-state index contributed by atoms with van der Waals surface area (Å²) in [5.41, 5.74) is 1.09. The van der Waals surface area contributed by atoms with E-state index in [1.807, 2.05) is 6.07 Å². The van der Waals surface area contributed by atoms with Gasteiger partial charge in [0.2, 0.25) is 11.8 Å². The molecule has 0 radical (unpaired) electrons. The molecular formula is C15H18N2O4. The minimum absolute atomic E-state index is 0.00990. The molecule has 1 aromatic carbocycles. The van der Waals surface area contributed by atoms with Gasteiger partial charge >= 0.3 is 5.97 Å². The standard InChI is InChI=1S/C15H18N2O4/c1-17-9-12(8-13(17)18)14(19)16-6-5-10-3-2-4-11(7-10)15(20)21/h2-4,7,12H,5-6,8-9H2,1H3,(H,16,19)(H,20,21). The van der Waals surface area contributed by atoms with Crippen molar-refractivity contribution >= 4 is 17.8 Å². The molecule has 112 valence electrons. The first kappa shape index (κ1) is 15.0. The van der Waals surface area contributed by atoms with E-state index >= 15 is 0 Å². The molecule has 21 heavy (non-hydrogen) atoms. The number of carboxylic acid groups (broad SMARTS) is 1. The van der Waals surface area contributed by atoms with Crippen LogP contribution in [0.25, 0.3) is 0 Å². The fourth-order valence-corrected chi connectivity index (χ4v) is 2.37. The van der Waals surface area contributed by atoms with Crippen molar-refractivity contribution in [3.8, 4) is 0 Å². The lowest BCUT2D eigenvalue weighted by Crippen LogP contribution is -2.33. The van der Waals surface area contributed by atoms with Gasteiger partial charge in [-0.15, -0.1) is 0 Å². The van der Waals surface area contributed by atoms with Gasteiger partial charge in [-0.25, -0.2) is 4.79 Å². The molecule has 0 bridgehead atoms. The lowest BCUT2D eigenvalue weighted by atomic mass is 10.1. The first-order valence-electron chi connectivity index (χ1n) is 6.81. The summed E-state index contributed by atoms with van der Waals surface area (Å²) in [5.74, 6) is -1.38. The van der Waals surface area contributed by atoms with Crippen molar-refractivity contribution in [3.05, 3.63) is 35.4 Å². The van der Waals surface area contributed by atoms with E-state index in [1.54, 1.807) is 24.1 Å². The fraction of sp³-hybridized carbons (Fsp3) is 0.400. The molecule has 1 atom stereocenters. The van der Waals surface area contributed by atoms with Crippen LogP contribution in [0.15, 0.2) is 24.3 Å². The maximum atomic E-state index is 11.9. The van der Waals surface area contributed by atoms with Crippen molar-refractivity contribution < 1.29 is 19.5 Å². The minimum atomic E-state index is -0.964. The predicted octanol–water partition coefficient (Wildman–Crippen LogP) is 0.522. The summed E-state index contributed by atoms with van der Waals surface area (Å²) in [6.45, 7) is 0.884. The number of carbonyl (C=O) groups excluding carboxylic acids is 2. The number of nitrogens with zero attached hydrogens (tertiary/aromatic N) is 1. The zero-order chi connectivity index (χ0) is 15.4. The van der Waals surface area contributed by atoms with Gasteiger partial charge in [0.15, 0.2) is 0 Å². The molecule has 0 aliphatic carbocycles. The Morgan fingerprint density at radius 1 is 1.43 bits per heavy atom. The lowest BCUT2D eigenvalue weighted by Gasteiger charge is -2.11. The molecule has 0 aromatic heterocycles. The number of hydrogen-bond acceptors (Lipinski definition) is 3. The highest BCUT2D eigenvalue weighted by Gasteiger charge is 2.31. The summed E-state index contributed by atoms with van der Waals surface area (Å²) in [6.07, 6.45) is 0.820. The number of aromatic carboxylic acids is 1. The summed E-state index contributed by atoms with van der Waals surface area (Å²) in [5, 5.41) is 11.7. The van der Waals surface area contributed by atoms with Gasteiger partial charge in [0.1, 0.15) is 0 Å². The second-order valence-corrected chi connectivity index (χ2v) is 5.22. The zero-order valence-corrected chi connectivity index (χ0v) is 11.8. The van der Waals surface area contributed by atoms with Crippen LogP contribution in [0.5, 0.6) is 0 Å². The Hall–Kier alpha value is -2.37. The van der Waals surface area contributed by atoms with Gasteiger partial charge in [0.05, 0.1) is 11.5 Å². The second kappa shape index (κ2) is 6.39. The maximum absolute atomic E-state index is 11.9. The maximum Gasteiger partial charge on any atom is 0.335 e. The molecule has 2 rings (SSSR count). The largest absolute Gasteiger partial charge is 0.478 e. The highest BCUT2D eigenvalue weighted by atomic mass is 16.4. The quantitative estimate of drug-likeness (QED) is 0.828. The van der Waals surface area contributed by atoms with Gasteiger partial charge in [-0.2, -0.15) is 0 Å². The third-order valence-electron chi connectivity index (χ3n) is 3.60. The first-order valence-corrected chi connectivity index (χ1v) is 6.81. The molecule has 0 saturated carbocycles. The highest BCUT2D eigenvalue weighted by Crippen LogP contribution is 2.15. The second-order valence-electron chi connectivity index (χ2n) is 5.22. The van der Waals surface area contributed by atoms with E-state index in [9.17, 15) is 14.4 Å². The molecule has 6 heteroatoms. The van der Waals surface area contributed by atoms with Crippen LogP contribution in [0.2, 0.25) is 0 Å². The molecular weight excluding hydrogens is 272 g/mol. The third-order valence-corrected chi connectivity index (χ3v) is 3.60. The SMILES string of the molecule is CN1CC(C(=O)NCCc2cccc(C(=O)O)c2)CC1=O. The van der Waals surface area contributed by atoms with Crippen molar-refractivity contribution in [2.45, 2.75) is 12.8 Å². The molecule has 2 N–H and O–H groups in total. The summed E-state index contributed by atoms with van der Waals surface area (Å²) in [6, 6.07) is 6.64. The van der Waals surface area contributed by atoms with Crippen molar-refractivity contribution in [2.24, 2.45) is 5.92 Å². The van der Waals surface area contributed by atoms with Crippen LogP contribution < -0.4 is 5.32 Å². The Balaban J connectivity index is 1.82. The zero-order valence-electron chi connectivity index (χ0n) is 11.8. The van der Waals surface area contributed by atoms with Gasteiger partial charge in [-0.05, 0) is 24.1 Å². The molecule has 0 spiro atoms. The number of amides is 2. The molecule has 6 nitrogen and oxygen atoms in total. The van der Waals surface area contributed by atoms with E-state index in [0.29, 0.717) is 19.5 Å².